The number of nitrogens with one attached hydrogen (secondary N) is 1. The fraction of sp³-hybridized carbons (Fsp3) is 0.667. The van der Waals surface area contributed by atoms with Crippen molar-refractivity contribution < 1.29 is 8.42 Å². The zero-order valence-electron chi connectivity index (χ0n) is 9.04. The van der Waals surface area contributed by atoms with Gasteiger partial charge in [0.2, 0.25) is 0 Å². The van der Waals surface area contributed by atoms with E-state index in [0.29, 0.717) is 19.8 Å². The fourth-order valence-corrected chi connectivity index (χ4v) is 3.03. The van der Waals surface area contributed by atoms with E-state index in [1.165, 1.54) is 9.31 Å². The number of hydrogen-bond acceptors (Lipinski definition) is 4. The SMILES string of the molecule is O=S(=O)(NN1C=CC=NC1)N1CCCCC1. The molecule has 6 nitrogen and oxygen atoms in total. The Balaban J connectivity index is 1.96. The molecule has 2 aliphatic rings. The predicted molar refractivity (Wildman–Crippen MR) is 61.8 cm³/mol. The highest BCUT2D eigenvalue weighted by atomic mass is 32.2. The second-order valence-electron chi connectivity index (χ2n) is 3.84. The monoisotopic (exact) mass is 244 g/mol. The highest BCUT2D eigenvalue weighted by Gasteiger charge is 2.25. The smallest absolute Gasteiger partial charge is 0.280 e. The number of hydrazine groups is 1. The van der Waals surface area contributed by atoms with Crippen molar-refractivity contribution in [2.75, 3.05) is 19.8 Å². The van der Waals surface area contributed by atoms with Crippen LogP contribution in [0.5, 0.6) is 0 Å². The average Bonchev–Trinajstić information content (AvgIpc) is 2.31. The van der Waals surface area contributed by atoms with Crippen LogP contribution in [0.15, 0.2) is 17.3 Å². The fourth-order valence-electron chi connectivity index (χ4n) is 1.76. The normalized spacial score (nSPS) is 22.6. The molecular weight excluding hydrogens is 228 g/mol. The van der Waals surface area contributed by atoms with Gasteiger partial charge >= 0.3 is 0 Å². The molecular formula is C9H16N4O2S. The van der Waals surface area contributed by atoms with Crippen LogP contribution >= 0.6 is 0 Å². The summed E-state index contributed by atoms with van der Waals surface area (Å²) in [7, 11) is -3.40. The Morgan fingerprint density at radius 3 is 2.56 bits per heavy atom. The Hall–Kier alpha value is -0.920. The molecule has 0 aliphatic carbocycles. The number of piperidine rings is 1. The van der Waals surface area contributed by atoms with E-state index in [0.717, 1.165) is 19.3 Å². The molecule has 2 heterocycles. The van der Waals surface area contributed by atoms with Crippen molar-refractivity contribution in [3.63, 3.8) is 0 Å². The van der Waals surface area contributed by atoms with Gasteiger partial charge in [-0.3, -0.25) is 10.0 Å². The van der Waals surface area contributed by atoms with E-state index in [1.54, 1.807) is 18.5 Å². The van der Waals surface area contributed by atoms with Gasteiger partial charge in [-0.15, -0.1) is 4.83 Å². The summed E-state index contributed by atoms with van der Waals surface area (Å²) >= 11 is 0. The molecule has 0 aromatic rings. The largest absolute Gasteiger partial charge is 0.296 e. The molecule has 90 valence electrons. The molecule has 1 N–H and O–H groups in total. The molecule has 0 saturated carbocycles. The van der Waals surface area contributed by atoms with E-state index in [4.69, 9.17) is 0 Å². The topological polar surface area (TPSA) is 65.0 Å². The van der Waals surface area contributed by atoms with Gasteiger partial charge in [-0.25, -0.2) is 0 Å². The zero-order chi connectivity index (χ0) is 11.4. The van der Waals surface area contributed by atoms with E-state index in [9.17, 15) is 8.42 Å². The van der Waals surface area contributed by atoms with Crippen LogP contribution < -0.4 is 4.83 Å². The second kappa shape index (κ2) is 4.94. The number of hydrogen-bond donors (Lipinski definition) is 1. The Morgan fingerprint density at radius 1 is 1.19 bits per heavy atom. The van der Waals surface area contributed by atoms with Gasteiger partial charge in [0.05, 0.1) is 0 Å². The Labute approximate surface area is 95.8 Å². The summed E-state index contributed by atoms with van der Waals surface area (Å²) in [5.74, 6) is 0. The van der Waals surface area contributed by atoms with Crippen LogP contribution in [0.3, 0.4) is 0 Å². The lowest BCUT2D eigenvalue weighted by Gasteiger charge is -2.29. The number of aliphatic imine (C=N–C) groups is 1. The lowest BCUT2D eigenvalue weighted by Crippen LogP contribution is -2.49. The lowest BCUT2D eigenvalue weighted by molar-refractivity contribution is 0.296. The summed E-state index contributed by atoms with van der Waals surface area (Å²) < 4.78 is 25.4. The highest BCUT2D eigenvalue weighted by molar-refractivity contribution is 7.87. The molecule has 0 spiro atoms. The minimum absolute atomic E-state index is 0.323. The van der Waals surface area contributed by atoms with Gasteiger partial charge in [0.1, 0.15) is 6.67 Å². The molecule has 2 rings (SSSR count). The maximum atomic E-state index is 11.9. The molecule has 16 heavy (non-hydrogen) atoms. The molecule has 0 aromatic heterocycles. The molecule has 0 atom stereocenters. The Kier molecular flexibility index (Phi) is 3.57. The maximum Gasteiger partial charge on any atom is 0.296 e. The first-order valence-corrected chi connectivity index (χ1v) is 6.83. The molecule has 0 radical (unpaired) electrons. The summed E-state index contributed by atoms with van der Waals surface area (Å²) in [6.45, 7) is 1.54. The van der Waals surface area contributed by atoms with Crippen molar-refractivity contribution in [2.24, 2.45) is 4.99 Å². The standard InChI is InChI=1S/C9H16N4O2S/c14-16(15,13-7-2-1-3-8-13)11-12-6-4-5-10-9-12/h4-6,11H,1-3,7-9H2. The van der Waals surface area contributed by atoms with Crippen LogP contribution in [-0.4, -0.2) is 43.7 Å². The number of allylic oxidation sites excluding steroid dienone is 1. The van der Waals surface area contributed by atoms with Crippen molar-refractivity contribution in [1.29, 1.82) is 0 Å². The zero-order valence-corrected chi connectivity index (χ0v) is 9.86. The maximum absolute atomic E-state index is 11.9. The van der Waals surface area contributed by atoms with Gasteiger partial charge in [-0.05, 0) is 18.9 Å². The van der Waals surface area contributed by atoms with Gasteiger partial charge in [0.25, 0.3) is 10.2 Å². The van der Waals surface area contributed by atoms with Gasteiger partial charge < -0.3 is 0 Å². The van der Waals surface area contributed by atoms with E-state index in [2.05, 4.69) is 9.82 Å². The molecule has 0 amide bonds. The molecule has 7 heteroatoms. The van der Waals surface area contributed by atoms with Crippen molar-refractivity contribution in [2.45, 2.75) is 19.3 Å². The summed E-state index contributed by atoms with van der Waals surface area (Å²) in [4.78, 5) is 6.45. The molecule has 0 bridgehead atoms. The lowest BCUT2D eigenvalue weighted by atomic mass is 10.2. The molecule has 1 saturated heterocycles. The molecule has 0 unspecified atom stereocenters. The van der Waals surface area contributed by atoms with Gasteiger partial charge in [-0.2, -0.15) is 12.7 Å². The number of nitrogens with zero attached hydrogens (tertiary/aromatic N) is 3. The third-order valence-corrected chi connectivity index (χ3v) is 4.09. The predicted octanol–water partition coefficient (Wildman–Crippen LogP) is 0.0793. The first kappa shape index (κ1) is 11.6. The minimum Gasteiger partial charge on any atom is -0.280 e. The van der Waals surface area contributed by atoms with Crippen molar-refractivity contribution in [3.8, 4) is 0 Å². The summed E-state index contributed by atoms with van der Waals surface area (Å²) in [5.41, 5.74) is 0. The summed E-state index contributed by atoms with van der Waals surface area (Å²) in [5, 5.41) is 1.46. The van der Waals surface area contributed by atoms with Crippen molar-refractivity contribution in [3.05, 3.63) is 12.3 Å². The Bertz CT molecular complexity index is 384. The van der Waals surface area contributed by atoms with Gasteiger partial charge in [0.15, 0.2) is 0 Å². The van der Waals surface area contributed by atoms with Crippen LogP contribution in [0.25, 0.3) is 0 Å². The second-order valence-corrected chi connectivity index (χ2v) is 5.49. The first-order chi connectivity index (χ1) is 7.68. The highest BCUT2D eigenvalue weighted by Crippen LogP contribution is 2.12. The summed E-state index contributed by atoms with van der Waals surface area (Å²) in [6, 6.07) is 0. The van der Waals surface area contributed by atoms with Crippen molar-refractivity contribution >= 4 is 16.4 Å². The molecule has 0 aromatic carbocycles. The van der Waals surface area contributed by atoms with Crippen LogP contribution in [0, 0.1) is 0 Å². The quantitative estimate of drug-likeness (QED) is 0.764. The van der Waals surface area contributed by atoms with Gasteiger partial charge in [0, 0.05) is 25.5 Å². The van der Waals surface area contributed by atoms with E-state index >= 15 is 0 Å². The summed E-state index contributed by atoms with van der Waals surface area (Å²) in [6.07, 6.45) is 7.99. The average molecular weight is 244 g/mol. The third-order valence-electron chi connectivity index (χ3n) is 2.58. The van der Waals surface area contributed by atoms with Crippen LogP contribution in [0.4, 0.5) is 0 Å². The van der Waals surface area contributed by atoms with Crippen molar-refractivity contribution in [1.82, 2.24) is 14.1 Å². The number of rotatable bonds is 3. The Morgan fingerprint density at radius 2 is 1.94 bits per heavy atom. The van der Waals surface area contributed by atoms with Gasteiger partial charge in [-0.1, -0.05) is 6.42 Å². The van der Waals surface area contributed by atoms with E-state index in [1.807, 2.05) is 0 Å². The van der Waals surface area contributed by atoms with E-state index in [-0.39, 0.29) is 0 Å². The molecule has 1 fully saturated rings. The van der Waals surface area contributed by atoms with E-state index < -0.39 is 10.2 Å². The minimum atomic E-state index is -3.40. The van der Waals surface area contributed by atoms with Crippen LogP contribution in [0.2, 0.25) is 0 Å². The van der Waals surface area contributed by atoms with Crippen LogP contribution in [-0.2, 0) is 10.2 Å². The first-order valence-electron chi connectivity index (χ1n) is 5.39. The molecule has 2 aliphatic heterocycles. The van der Waals surface area contributed by atoms with Crippen LogP contribution in [0.1, 0.15) is 19.3 Å². The third kappa shape index (κ3) is 2.81.